The van der Waals surface area contributed by atoms with Gasteiger partial charge in [-0.05, 0) is 5.16 Å². The Bertz CT molecular complexity index is 304. The van der Waals surface area contributed by atoms with E-state index in [0.29, 0.717) is 0 Å². The quantitative estimate of drug-likeness (QED) is 0.307. The van der Waals surface area contributed by atoms with Gasteiger partial charge in [-0.2, -0.15) is 17.2 Å². The molecule has 0 saturated heterocycles. The van der Waals surface area contributed by atoms with Crippen LogP contribution in [0.4, 0.5) is 0 Å². The largest absolute Gasteiger partial charge is 3.00 e. The summed E-state index contributed by atoms with van der Waals surface area (Å²) in [6.07, 6.45) is 11.6. The predicted octanol–water partition coefficient (Wildman–Crippen LogP) is 5.97. The van der Waals surface area contributed by atoms with E-state index in [9.17, 15) is 0 Å². The monoisotopic (exact) mass is 391 g/mol. The minimum Gasteiger partial charge on any atom is -0.358 e. The van der Waals surface area contributed by atoms with Gasteiger partial charge in [0.1, 0.15) is 0 Å². The SMILES string of the molecule is CCCC([Si](C)(C)Cl)[Si](C)(C)C1=[C-]CC=C1.[CH3-].[CH3-].[Zr+3]. The molecule has 0 aromatic rings. The van der Waals surface area contributed by atoms with Crippen LogP contribution in [0.5, 0.6) is 0 Å². The molecule has 1 aliphatic carbocycles. The Morgan fingerprint density at radius 3 is 2.11 bits per heavy atom. The van der Waals surface area contributed by atoms with E-state index in [2.05, 4.69) is 51.3 Å². The smallest absolute Gasteiger partial charge is 0.358 e. The summed E-state index contributed by atoms with van der Waals surface area (Å²) in [7, 11) is -2.98. The summed E-state index contributed by atoms with van der Waals surface area (Å²) in [5, 5.41) is 2.27. The van der Waals surface area contributed by atoms with Crippen molar-refractivity contribution in [3.8, 4) is 0 Å². The molecular formula is C15H30ClSi2Zr. The molecule has 19 heavy (non-hydrogen) atoms. The average molecular weight is 393 g/mol. The summed E-state index contributed by atoms with van der Waals surface area (Å²) in [5.41, 5.74) is 0. The maximum absolute atomic E-state index is 6.75. The third-order valence-electron chi connectivity index (χ3n) is 3.67. The standard InChI is InChI=1S/C13H24ClSi2.2CH3.Zr/c1-6-9-13(16(4,5)14)15(2,3)12-10-7-8-11-12;;;/h7,10,13H,6,8-9H2,1-5H3;2*1H3;/q3*-1;+3. The Morgan fingerprint density at radius 1 is 1.26 bits per heavy atom. The molecule has 0 aromatic heterocycles. The summed E-state index contributed by atoms with van der Waals surface area (Å²) >= 11 is 6.75. The fraction of sp³-hybridized carbons (Fsp3) is 0.600. The van der Waals surface area contributed by atoms with Crippen molar-refractivity contribution in [1.29, 1.82) is 0 Å². The van der Waals surface area contributed by atoms with Crippen LogP contribution in [0.2, 0.25) is 31.4 Å². The van der Waals surface area contributed by atoms with Crippen LogP contribution in [0.15, 0.2) is 17.3 Å². The van der Waals surface area contributed by atoms with Crippen LogP contribution in [0.25, 0.3) is 0 Å². The molecule has 0 spiro atoms. The van der Waals surface area contributed by atoms with Gasteiger partial charge in [0.2, 0.25) is 0 Å². The van der Waals surface area contributed by atoms with Gasteiger partial charge in [-0.1, -0.05) is 46.0 Å². The molecule has 4 heteroatoms. The van der Waals surface area contributed by atoms with E-state index in [4.69, 9.17) is 11.1 Å². The van der Waals surface area contributed by atoms with E-state index >= 15 is 0 Å². The number of hydrogen-bond acceptors (Lipinski definition) is 0. The second-order valence-corrected chi connectivity index (χ2v) is 17.8. The maximum Gasteiger partial charge on any atom is 3.00 e. The van der Waals surface area contributed by atoms with Gasteiger partial charge >= 0.3 is 26.2 Å². The summed E-state index contributed by atoms with van der Waals surface area (Å²) in [5.74, 6) is 0. The molecule has 0 heterocycles. The molecular weight excluding hydrogens is 363 g/mol. The van der Waals surface area contributed by atoms with Gasteiger partial charge in [-0.3, -0.25) is 6.08 Å². The molecule has 1 atom stereocenters. The van der Waals surface area contributed by atoms with Crippen LogP contribution in [0.1, 0.15) is 26.2 Å². The van der Waals surface area contributed by atoms with Crippen molar-refractivity contribution in [3.63, 3.8) is 0 Å². The molecule has 0 nitrogen and oxygen atoms in total. The first-order chi connectivity index (χ1) is 7.30. The number of allylic oxidation sites excluding steroid dienone is 4. The Kier molecular flexibility index (Phi) is 13.1. The zero-order valence-corrected chi connectivity index (χ0v) is 18.9. The summed E-state index contributed by atoms with van der Waals surface area (Å²) in [4.78, 5) is 0. The Labute approximate surface area is 147 Å². The molecule has 0 aliphatic heterocycles. The zero-order chi connectivity index (χ0) is 12.4. The molecule has 0 saturated carbocycles. The van der Waals surface area contributed by atoms with Crippen molar-refractivity contribution in [3.05, 3.63) is 38.3 Å². The van der Waals surface area contributed by atoms with E-state index in [-0.39, 0.29) is 41.1 Å². The molecule has 1 rings (SSSR count). The van der Waals surface area contributed by atoms with Gasteiger partial charge in [0.15, 0.2) is 7.38 Å². The molecule has 0 bridgehead atoms. The van der Waals surface area contributed by atoms with Crippen molar-refractivity contribution >= 4 is 26.5 Å². The number of halogens is 1. The van der Waals surface area contributed by atoms with E-state index < -0.39 is 15.5 Å². The summed E-state index contributed by atoms with van der Waals surface area (Å²) < 4.78 is 0. The van der Waals surface area contributed by atoms with Crippen LogP contribution in [0.3, 0.4) is 0 Å². The number of rotatable bonds is 5. The van der Waals surface area contributed by atoms with Gasteiger partial charge in [-0.25, -0.2) is 11.3 Å². The Morgan fingerprint density at radius 2 is 1.79 bits per heavy atom. The normalized spacial score (nSPS) is 15.8. The van der Waals surface area contributed by atoms with Crippen LogP contribution in [-0.2, 0) is 26.2 Å². The maximum atomic E-state index is 6.75. The summed E-state index contributed by atoms with van der Waals surface area (Å²) in [6.45, 7) is 11.8. The zero-order valence-electron chi connectivity index (χ0n) is 13.7. The van der Waals surface area contributed by atoms with E-state index in [1.807, 2.05) is 0 Å². The van der Waals surface area contributed by atoms with Gasteiger partial charge in [0, 0.05) is 8.07 Å². The third kappa shape index (κ3) is 6.59. The van der Waals surface area contributed by atoms with Crippen LogP contribution in [0, 0.1) is 20.9 Å². The molecule has 0 N–H and O–H groups in total. The molecule has 0 aromatic carbocycles. The number of hydrogen-bond donors (Lipinski definition) is 0. The van der Waals surface area contributed by atoms with Gasteiger partial charge in [-0.15, -0.1) is 6.42 Å². The second kappa shape index (κ2) is 9.92. The van der Waals surface area contributed by atoms with Crippen molar-refractivity contribution in [2.45, 2.75) is 57.5 Å². The van der Waals surface area contributed by atoms with E-state index in [1.54, 1.807) is 0 Å². The first-order valence-electron chi connectivity index (χ1n) is 6.27. The summed E-state index contributed by atoms with van der Waals surface area (Å²) in [6, 6.07) is 0. The molecule has 0 amide bonds. The van der Waals surface area contributed by atoms with Crippen LogP contribution < -0.4 is 0 Å². The molecule has 1 aliphatic rings. The van der Waals surface area contributed by atoms with Crippen molar-refractivity contribution < 1.29 is 26.2 Å². The molecule has 1 unspecified atom stereocenters. The Hall–Kier alpha value is 1.09. The molecule has 1 radical (unpaired) electrons. The van der Waals surface area contributed by atoms with Crippen molar-refractivity contribution in [2.24, 2.45) is 0 Å². The molecule has 109 valence electrons. The topological polar surface area (TPSA) is 0 Å². The van der Waals surface area contributed by atoms with Gasteiger partial charge in [0.25, 0.3) is 0 Å². The fourth-order valence-corrected chi connectivity index (χ4v) is 16.5. The first kappa shape index (κ1) is 25.1. The fourth-order valence-electron chi connectivity index (χ4n) is 2.89. The third-order valence-corrected chi connectivity index (χ3v) is 15.0. The van der Waals surface area contributed by atoms with Crippen LogP contribution in [-0.4, -0.2) is 15.5 Å². The Balaban J connectivity index is -0.000000853. The minimum atomic E-state index is -1.57. The van der Waals surface area contributed by atoms with E-state index in [1.165, 1.54) is 18.0 Å². The average Bonchev–Trinajstić information content (AvgIpc) is 2.64. The predicted molar refractivity (Wildman–Crippen MR) is 92.8 cm³/mol. The van der Waals surface area contributed by atoms with Crippen LogP contribution >= 0.6 is 11.1 Å². The minimum absolute atomic E-state index is 0. The second-order valence-electron chi connectivity index (χ2n) is 5.82. The van der Waals surface area contributed by atoms with Gasteiger partial charge < -0.3 is 14.9 Å². The van der Waals surface area contributed by atoms with Crippen molar-refractivity contribution in [2.75, 3.05) is 0 Å². The first-order valence-corrected chi connectivity index (χ1v) is 13.4. The van der Waals surface area contributed by atoms with Crippen molar-refractivity contribution in [1.82, 2.24) is 0 Å². The molecule has 0 fully saturated rings. The van der Waals surface area contributed by atoms with E-state index in [0.717, 1.165) is 11.6 Å². The van der Waals surface area contributed by atoms with Gasteiger partial charge in [0.05, 0.1) is 0 Å².